The molecule has 1 N–H and O–H groups in total. The van der Waals surface area contributed by atoms with Gasteiger partial charge in [0.25, 0.3) is 11.5 Å². The first-order valence-electron chi connectivity index (χ1n) is 9.54. The summed E-state index contributed by atoms with van der Waals surface area (Å²) in [6.07, 6.45) is -0.709. The molecule has 0 saturated heterocycles. The van der Waals surface area contributed by atoms with E-state index in [1.54, 1.807) is 7.05 Å². The lowest BCUT2D eigenvalue weighted by molar-refractivity contribution is -0.137. The van der Waals surface area contributed by atoms with Crippen LogP contribution in [0, 0.1) is 0 Å². The third kappa shape index (κ3) is 5.86. The predicted molar refractivity (Wildman–Crippen MR) is 114 cm³/mol. The Balaban J connectivity index is 2.09. The molecule has 0 radical (unpaired) electrons. The summed E-state index contributed by atoms with van der Waals surface area (Å²) < 4.78 is 64.0. The molecule has 0 saturated carbocycles. The molecule has 0 unspecified atom stereocenters. The van der Waals surface area contributed by atoms with E-state index >= 15 is 0 Å². The summed E-state index contributed by atoms with van der Waals surface area (Å²) in [7, 11) is -1.78. The van der Waals surface area contributed by atoms with Crippen molar-refractivity contribution in [3.8, 4) is 16.9 Å². The molecule has 1 amide bonds. The summed E-state index contributed by atoms with van der Waals surface area (Å²) in [5, 5.41) is 10.6. The summed E-state index contributed by atoms with van der Waals surface area (Å²) in [5.74, 6) is -1.18. The topological polar surface area (TPSA) is 116 Å². The van der Waals surface area contributed by atoms with Crippen LogP contribution >= 0.6 is 0 Å². The number of alkyl halides is 3. The van der Waals surface area contributed by atoms with E-state index in [0.717, 1.165) is 29.1 Å². The van der Waals surface area contributed by atoms with Crippen LogP contribution in [0.15, 0.2) is 47.5 Å². The Bertz CT molecular complexity index is 1350. The van der Waals surface area contributed by atoms with Crippen molar-refractivity contribution in [3.05, 3.63) is 64.2 Å². The van der Waals surface area contributed by atoms with Crippen molar-refractivity contribution in [2.24, 2.45) is 7.05 Å². The maximum Gasteiger partial charge on any atom is 0.416 e. The Morgan fingerprint density at radius 1 is 1.21 bits per heavy atom. The fourth-order valence-corrected chi connectivity index (χ4v) is 4.11. The lowest BCUT2D eigenvalue weighted by atomic mass is 10.1. The van der Waals surface area contributed by atoms with Crippen molar-refractivity contribution in [3.63, 3.8) is 0 Å². The van der Waals surface area contributed by atoms with E-state index in [0.29, 0.717) is 0 Å². The van der Waals surface area contributed by atoms with Gasteiger partial charge in [0, 0.05) is 24.9 Å². The molecule has 0 aliphatic rings. The number of halogens is 3. The molecule has 1 aromatic carbocycles. The highest BCUT2D eigenvalue weighted by Crippen LogP contribution is 2.30. The Kier molecular flexibility index (Phi) is 6.45. The van der Waals surface area contributed by atoms with Crippen molar-refractivity contribution in [1.29, 1.82) is 0 Å². The summed E-state index contributed by atoms with van der Waals surface area (Å²) in [6, 6.07) is 4.45. The molecule has 3 aromatic rings. The Labute approximate surface area is 186 Å². The molecule has 2 heterocycles. The second kappa shape index (κ2) is 8.81. The highest BCUT2D eigenvalue weighted by Gasteiger charge is 2.30. The first kappa shape index (κ1) is 24.2. The normalized spacial score (nSPS) is 13.0. The summed E-state index contributed by atoms with van der Waals surface area (Å²) in [4.78, 5) is 25.8. The van der Waals surface area contributed by atoms with Crippen LogP contribution in [0.2, 0.25) is 0 Å². The van der Waals surface area contributed by atoms with Crippen LogP contribution in [0.3, 0.4) is 0 Å². The lowest BCUT2D eigenvalue weighted by Crippen LogP contribution is -2.40. The maximum absolute atomic E-state index is 13.0. The zero-order valence-corrected chi connectivity index (χ0v) is 18.6. The third-order valence-electron chi connectivity index (χ3n) is 4.53. The third-order valence-corrected chi connectivity index (χ3v) is 5.64. The van der Waals surface area contributed by atoms with Crippen LogP contribution in [-0.4, -0.2) is 51.9 Å². The molecule has 0 aliphatic carbocycles. The van der Waals surface area contributed by atoms with Gasteiger partial charge in [0.15, 0.2) is 0 Å². The van der Waals surface area contributed by atoms with Crippen molar-refractivity contribution < 1.29 is 26.4 Å². The van der Waals surface area contributed by atoms with E-state index in [-0.39, 0.29) is 28.3 Å². The van der Waals surface area contributed by atoms with E-state index in [4.69, 9.17) is 0 Å². The van der Waals surface area contributed by atoms with Gasteiger partial charge >= 0.3 is 6.18 Å². The van der Waals surface area contributed by atoms with Crippen LogP contribution in [0.1, 0.15) is 22.8 Å². The molecule has 13 heteroatoms. The number of aromatic nitrogens is 4. The van der Waals surface area contributed by atoms with Crippen molar-refractivity contribution in [1.82, 2.24) is 24.9 Å². The largest absolute Gasteiger partial charge is 0.416 e. The Hall–Kier alpha value is -3.48. The van der Waals surface area contributed by atoms with Gasteiger partial charge < -0.3 is 5.32 Å². The first-order valence-corrected chi connectivity index (χ1v) is 11.6. The minimum atomic E-state index is -4.53. The van der Waals surface area contributed by atoms with Crippen LogP contribution in [0.25, 0.3) is 16.9 Å². The van der Waals surface area contributed by atoms with Gasteiger partial charge in [-0.1, -0.05) is 12.1 Å². The number of carbonyl (C=O) groups is 1. The predicted octanol–water partition coefficient (Wildman–Crippen LogP) is 1.81. The van der Waals surface area contributed by atoms with Crippen molar-refractivity contribution in [2.45, 2.75) is 19.1 Å². The standard InChI is InChI=1S/C20H20F3N5O4S/c1-12(11-33(3,31)32)25-18(29)16-8-17(13-4-6-14(7-5-13)20(21,22)23)26-28(19(16)30)15-9-24-27(2)10-15/h4-10,12H,11H2,1-3H3,(H,25,29)/t12-/m0/s1. The smallest absolute Gasteiger partial charge is 0.348 e. The van der Waals surface area contributed by atoms with E-state index in [1.165, 1.54) is 36.1 Å². The quantitative estimate of drug-likeness (QED) is 0.572. The monoisotopic (exact) mass is 483 g/mol. The fourth-order valence-electron chi connectivity index (χ4n) is 3.12. The molecule has 1 atom stereocenters. The summed E-state index contributed by atoms with van der Waals surface area (Å²) in [6.45, 7) is 1.47. The molecule has 0 fully saturated rings. The number of nitrogens with zero attached hydrogens (tertiary/aromatic N) is 4. The Morgan fingerprint density at radius 2 is 1.85 bits per heavy atom. The average molecular weight is 483 g/mol. The van der Waals surface area contributed by atoms with Gasteiger partial charge in [-0.05, 0) is 25.1 Å². The van der Waals surface area contributed by atoms with Gasteiger partial charge in [0.2, 0.25) is 0 Å². The molecule has 3 rings (SSSR count). The summed E-state index contributed by atoms with van der Waals surface area (Å²) >= 11 is 0. The molecule has 9 nitrogen and oxygen atoms in total. The summed E-state index contributed by atoms with van der Waals surface area (Å²) in [5.41, 5.74) is -1.49. The number of aryl methyl sites for hydroxylation is 1. The van der Waals surface area contributed by atoms with Crippen LogP contribution in [-0.2, 0) is 23.1 Å². The van der Waals surface area contributed by atoms with Crippen molar-refractivity contribution in [2.75, 3.05) is 12.0 Å². The van der Waals surface area contributed by atoms with E-state index in [9.17, 15) is 31.2 Å². The number of nitrogens with one attached hydrogen (secondary N) is 1. The Morgan fingerprint density at radius 3 is 2.36 bits per heavy atom. The zero-order chi connectivity index (χ0) is 24.6. The molecule has 2 aromatic heterocycles. The number of sulfone groups is 1. The second-order valence-electron chi connectivity index (χ2n) is 7.57. The van der Waals surface area contributed by atoms with Gasteiger partial charge in [-0.25, -0.2) is 8.42 Å². The van der Waals surface area contributed by atoms with E-state index in [2.05, 4.69) is 15.5 Å². The van der Waals surface area contributed by atoms with Gasteiger partial charge in [-0.3, -0.25) is 14.3 Å². The zero-order valence-electron chi connectivity index (χ0n) is 17.8. The van der Waals surface area contributed by atoms with Crippen LogP contribution in [0.5, 0.6) is 0 Å². The van der Waals surface area contributed by atoms with Crippen LogP contribution < -0.4 is 10.9 Å². The number of carbonyl (C=O) groups excluding carboxylic acids is 1. The van der Waals surface area contributed by atoms with Gasteiger partial charge in [-0.2, -0.15) is 28.1 Å². The molecule has 0 spiro atoms. The van der Waals surface area contributed by atoms with Crippen molar-refractivity contribution >= 4 is 15.7 Å². The number of benzene rings is 1. The molecule has 0 bridgehead atoms. The average Bonchev–Trinajstić information content (AvgIpc) is 3.12. The fraction of sp³-hybridized carbons (Fsp3) is 0.300. The molecule has 33 heavy (non-hydrogen) atoms. The highest BCUT2D eigenvalue weighted by molar-refractivity contribution is 7.90. The second-order valence-corrected chi connectivity index (χ2v) is 9.76. The SMILES string of the molecule is C[C@@H](CS(C)(=O)=O)NC(=O)c1cc(-c2ccc(C(F)(F)F)cc2)nn(-c2cnn(C)c2)c1=O. The minimum absolute atomic E-state index is 0.0630. The van der Waals surface area contributed by atoms with Gasteiger partial charge in [-0.15, -0.1) is 0 Å². The van der Waals surface area contributed by atoms with Gasteiger partial charge in [0.05, 0.1) is 29.4 Å². The number of rotatable bonds is 6. The van der Waals surface area contributed by atoms with Crippen LogP contribution in [0.4, 0.5) is 13.2 Å². The molecule has 0 aliphatic heterocycles. The molecular weight excluding hydrogens is 463 g/mol. The van der Waals surface area contributed by atoms with Gasteiger partial charge in [0.1, 0.15) is 21.1 Å². The number of hydrogen-bond donors (Lipinski definition) is 1. The molecular formula is C20H20F3N5O4S. The molecule has 176 valence electrons. The number of amides is 1. The minimum Gasteiger partial charge on any atom is -0.348 e. The highest BCUT2D eigenvalue weighted by atomic mass is 32.2. The maximum atomic E-state index is 13.0. The van der Waals surface area contributed by atoms with E-state index < -0.39 is 39.1 Å². The van der Waals surface area contributed by atoms with E-state index in [1.807, 2.05) is 0 Å². The number of hydrogen-bond acceptors (Lipinski definition) is 6. The lowest BCUT2D eigenvalue weighted by Gasteiger charge is -2.14. The first-order chi connectivity index (χ1) is 15.2.